The van der Waals surface area contributed by atoms with Crippen molar-refractivity contribution in [2.75, 3.05) is 16.2 Å². The second-order valence-corrected chi connectivity index (χ2v) is 10.9. The predicted molar refractivity (Wildman–Crippen MR) is 121 cm³/mol. The Hall–Kier alpha value is -2.10. The minimum Gasteiger partial charge on any atom is -0.351 e. The molecule has 1 aromatic heterocycles. The van der Waals surface area contributed by atoms with Gasteiger partial charge in [-0.15, -0.1) is 11.3 Å². The van der Waals surface area contributed by atoms with E-state index in [1.165, 1.54) is 34.2 Å². The van der Waals surface area contributed by atoms with E-state index in [2.05, 4.69) is 41.0 Å². The summed E-state index contributed by atoms with van der Waals surface area (Å²) in [4.78, 5) is 16.7. The molecule has 9 heteroatoms. The molecule has 0 atom stereocenters. The maximum absolute atomic E-state index is 12.2. The highest BCUT2D eigenvalue weighted by molar-refractivity contribution is 8.01. The first-order valence-corrected chi connectivity index (χ1v) is 12.6. The average Bonchev–Trinajstić information content (AvgIpc) is 3.09. The van der Waals surface area contributed by atoms with Crippen molar-refractivity contribution >= 4 is 54.9 Å². The van der Waals surface area contributed by atoms with Gasteiger partial charge in [0.15, 0.2) is 4.34 Å². The van der Waals surface area contributed by atoms with E-state index < -0.39 is 10.0 Å². The molecule has 0 saturated heterocycles. The first-order valence-electron chi connectivity index (χ1n) is 9.12. The lowest BCUT2D eigenvalue weighted by Crippen LogP contribution is -2.24. The molecule has 0 aliphatic rings. The fourth-order valence-electron chi connectivity index (χ4n) is 2.57. The van der Waals surface area contributed by atoms with Gasteiger partial charge < -0.3 is 5.32 Å². The topological polar surface area (TPSA) is 88.2 Å². The number of sulfonamides is 1. The van der Waals surface area contributed by atoms with E-state index in [0.717, 1.165) is 20.1 Å². The summed E-state index contributed by atoms with van der Waals surface area (Å²) in [6.07, 6.45) is 0. The number of anilines is 1. The van der Waals surface area contributed by atoms with Crippen LogP contribution in [-0.2, 0) is 21.4 Å². The number of thiazole rings is 1. The number of nitrogens with one attached hydrogen (secondary N) is 2. The number of nitrogens with zero attached hydrogens (tertiary/aromatic N) is 1. The third-order valence-electron chi connectivity index (χ3n) is 4.41. The highest BCUT2D eigenvalue weighted by Gasteiger charge is 2.11. The summed E-state index contributed by atoms with van der Waals surface area (Å²) in [6.45, 7) is 6.21. The standard InChI is InChI=1S/C20H23N3O3S3/c1-4-29(25,26)23-16-7-8-17-18(10-16)28-20(22-17)27-12-19(24)21-11-15-6-5-13(2)14(3)9-15/h5-10,23H,4,11-12H2,1-3H3,(H,21,24). The van der Waals surface area contributed by atoms with Crippen LogP contribution in [0.1, 0.15) is 23.6 Å². The summed E-state index contributed by atoms with van der Waals surface area (Å²) >= 11 is 2.82. The maximum atomic E-state index is 12.2. The summed E-state index contributed by atoms with van der Waals surface area (Å²) in [5.74, 6) is 0.246. The summed E-state index contributed by atoms with van der Waals surface area (Å²) in [5, 5.41) is 2.93. The quantitative estimate of drug-likeness (QED) is 0.506. The van der Waals surface area contributed by atoms with E-state index in [-0.39, 0.29) is 17.4 Å². The number of thioether (sulfide) groups is 1. The molecule has 1 heterocycles. The SMILES string of the molecule is CCS(=O)(=O)Nc1ccc2nc(SCC(=O)NCc3ccc(C)c(C)c3)sc2c1. The average molecular weight is 450 g/mol. The number of aromatic nitrogens is 1. The van der Waals surface area contributed by atoms with Crippen LogP contribution in [0.2, 0.25) is 0 Å². The molecular weight excluding hydrogens is 426 g/mol. The summed E-state index contributed by atoms with van der Waals surface area (Å²) in [6, 6.07) is 11.4. The zero-order chi connectivity index (χ0) is 21.0. The molecule has 2 N–H and O–H groups in total. The van der Waals surface area contributed by atoms with Gasteiger partial charge in [0.2, 0.25) is 15.9 Å². The third-order valence-corrected chi connectivity index (χ3v) is 7.88. The van der Waals surface area contributed by atoms with E-state index in [9.17, 15) is 13.2 Å². The highest BCUT2D eigenvalue weighted by Crippen LogP contribution is 2.31. The Morgan fingerprint density at radius 2 is 1.93 bits per heavy atom. The fraction of sp³-hybridized carbons (Fsp3) is 0.300. The molecule has 29 heavy (non-hydrogen) atoms. The first-order chi connectivity index (χ1) is 13.8. The maximum Gasteiger partial charge on any atom is 0.232 e. The number of benzene rings is 2. The minimum atomic E-state index is -3.31. The van der Waals surface area contributed by atoms with Gasteiger partial charge in [-0.25, -0.2) is 13.4 Å². The van der Waals surface area contributed by atoms with Crippen molar-refractivity contribution in [2.24, 2.45) is 0 Å². The van der Waals surface area contributed by atoms with Crippen LogP contribution in [-0.4, -0.2) is 30.8 Å². The van der Waals surface area contributed by atoms with Gasteiger partial charge in [0.1, 0.15) is 0 Å². The molecular formula is C20H23N3O3S3. The Balaban J connectivity index is 1.57. The van der Waals surface area contributed by atoms with E-state index >= 15 is 0 Å². The molecule has 0 bridgehead atoms. The number of aryl methyl sites for hydroxylation is 2. The minimum absolute atomic E-state index is 0.0199. The van der Waals surface area contributed by atoms with Crippen LogP contribution in [0.5, 0.6) is 0 Å². The molecule has 0 unspecified atom stereocenters. The van der Waals surface area contributed by atoms with Crippen molar-refractivity contribution in [3.05, 3.63) is 53.1 Å². The zero-order valence-corrected chi connectivity index (χ0v) is 18.9. The lowest BCUT2D eigenvalue weighted by atomic mass is 10.1. The molecule has 0 fully saturated rings. The lowest BCUT2D eigenvalue weighted by molar-refractivity contribution is -0.118. The van der Waals surface area contributed by atoms with Crippen molar-refractivity contribution in [2.45, 2.75) is 31.7 Å². The van der Waals surface area contributed by atoms with E-state index in [1.54, 1.807) is 25.1 Å². The molecule has 0 radical (unpaired) electrons. The molecule has 3 aromatic rings. The van der Waals surface area contributed by atoms with Crippen LogP contribution in [0.15, 0.2) is 40.7 Å². The zero-order valence-electron chi connectivity index (χ0n) is 16.5. The van der Waals surface area contributed by atoms with Crippen molar-refractivity contribution < 1.29 is 13.2 Å². The van der Waals surface area contributed by atoms with Gasteiger partial charge in [-0.05, 0) is 55.7 Å². The summed E-state index contributed by atoms with van der Waals surface area (Å²) in [7, 11) is -3.31. The number of amides is 1. The van der Waals surface area contributed by atoms with Crippen molar-refractivity contribution in [1.29, 1.82) is 0 Å². The largest absolute Gasteiger partial charge is 0.351 e. The Bertz CT molecular complexity index is 1140. The number of carbonyl (C=O) groups excluding carboxylic acids is 1. The van der Waals surface area contributed by atoms with Gasteiger partial charge in [0.05, 0.1) is 27.4 Å². The normalized spacial score (nSPS) is 11.6. The molecule has 0 saturated carbocycles. The van der Waals surface area contributed by atoms with Crippen LogP contribution in [0, 0.1) is 13.8 Å². The Morgan fingerprint density at radius 3 is 2.66 bits per heavy atom. The van der Waals surface area contributed by atoms with Crippen molar-refractivity contribution in [3.63, 3.8) is 0 Å². The van der Waals surface area contributed by atoms with Crippen LogP contribution in [0.4, 0.5) is 5.69 Å². The molecule has 0 aliphatic heterocycles. The fourth-order valence-corrected chi connectivity index (χ4v) is 5.14. The van der Waals surface area contributed by atoms with E-state index in [0.29, 0.717) is 12.2 Å². The highest BCUT2D eigenvalue weighted by atomic mass is 32.2. The molecule has 154 valence electrons. The molecule has 0 spiro atoms. The van der Waals surface area contributed by atoms with Gasteiger partial charge in [-0.2, -0.15) is 0 Å². The van der Waals surface area contributed by atoms with Crippen molar-refractivity contribution in [3.8, 4) is 0 Å². The Kier molecular flexibility index (Phi) is 6.81. The van der Waals surface area contributed by atoms with Gasteiger partial charge in [0, 0.05) is 6.54 Å². The van der Waals surface area contributed by atoms with Crippen LogP contribution in [0.25, 0.3) is 10.2 Å². The number of hydrogen-bond donors (Lipinski definition) is 2. The van der Waals surface area contributed by atoms with Crippen molar-refractivity contribution in [1.82, 2.24) is 10.3 Å². The van der Waals surface area contributed by atoms with Crippen LogP contribution < -0.4 is 10.0 Å². The third kappa shape index (κ3) is 5.94. The van der Waals surface area contributed by atoms with Gasteiger partial charge in [0.25, 0.3) is 0 Å². The van der Waals surface area contributed by atoms with Crippen LogP contribution >= 0.6 is 23.1 Å². The van der Waals surface area contributed by atoms with Gasteiger partial charge >= 0.3 is 0 Å². The second-order valence-electron chi connectivity index (χ2n) is 6.65. The number of rotatable bonds is 8. The Morgan fingerprint density at radius 1 is 1.14 bits per heavy atom. The summed E-state index contributed by atoms with van der Waals surface area (Å²) < 4.78 is 27.6. The lowest BCUT2D eigenvalue weighted by Gasteiger charge is -2.07. The van der Waals surface area contributed by atoms with Gasteiger partial charge in [-0.1, -0.05) is 30.0 Å². The predicted octanol–water partition coefficient (Wildman–Crippen LogP) is 4.08. The molecule has 2 aromatic carbocycles. The number of hydrogen-bond acceptors (Lipinski definition) is 6. The monoisotopic (exact) mass is 449 g/mol. The van der Waals surface area contributed by atoms with E-state index in [1.807, 2.05) is 6.07 Å². The summed E-state index contributed by atoms with van der Waals surface area (Å²) in [5.41, 5.74) is 4.82. The first kappa shape index (κ1) is 21.6. The molecule has 1 amide bonds. The van der Waals surface area contributed by atoms with E-state index in [4.69, 9.17) is 0 Å². The molecule has 6 nitrogen and oxygen atoms in total. The number of fused-ring (bicyclic) bond motifs is 1. The molecule has 0 aliphatic carbocycles. The number of carbonyl (C=O) groups is 1. The second kappa shape index (κ2) is 9.15. The van der Waals surface area contributed by atoms with Crippen LogP contribution in [0.3, 0.4) is 0 Å². The Labute approximate surface area is 179 Å². The smallest absolute Gasteiger partial charge is 0.232 e. The molecule has 3 rings (SSSR count). The van der Waals surface area contributed by atoms with Gasteiger partial charge in [-0.3, -0.25) is 9.52 Å².